The molecule has 1 saturated heterocycles. The van der Waals surface area contributed by atoms with E-state index in [1.165, 1.54) is 0 Å². The fourth-order valence-corrected chi connectivity index (χ4v) is 3.28. The summed E-state index contributed by atoms with van der Waals surface area (Å²) < 4.78 is 11.3. The molecule has 6 heteroatoms. The van der Waals surface area contributed by atoms with Crippen molar-refractivity contribution in [3.63, 3.8) is 0 Å². The molecular weight excluding hydrogens is 318 g/mol. The lowest BCUT2D eigenvalue weighted by molar-refractivity contribution is -0.0277. The van der Waals surface area contributed by atoms with Gasteiger partial charge in [0, 0.05) is 44.3 Å². The summed E-state index contributed by atoms with van der Waals surface area (Å²) in [7, 11) is 0. The van der Waals surface area contributed by atoms with Gasteiger partial charge < -0.3 is 14.3 Å². The Kier molecular flexibility index (Phi) is 4.38. The number of nitrogens with zero attached hydrogens (tertiary/aromatic N) is 3. The number of likely N-dealkylation sites (tertiary alicyclic amines) is 1. The number of benzene rings is 1. The largest absolute Gasteiger partial charge is 0.488 e. The van der Waals surface area contributed by atoms with Gasteiger partial charge in [-0.1, -0.05) is 6.07 Å². The topological polar surface area (TPSA) is 71.6 Å². The number of pyridine rings is 1. The smallest absolute Gasteiger partial charge is 0.191 e. The van der Waals surface area contributed by atoms with Crippen molar-refractivity contribution in [2.45, 2.75) is 32.1 Å². The van der Waals surface area contributed by atoms with Gasteiger partial charge in [-0.2, -0.15) is 0 Å². The lowest BCUT2D eigenvalue weighted by Crippen LogP contribution is -2.48. The molecule has 0 bridgehead atoms. The number of piperidine rings is 1. The highest BCUT2D eigenvalue weighted by atomic mass is 16.5. The summed E-state index contributed by atoms with van der Waals surface area (Å²) in [4.78, 5) is 10.6. The van der Waals surface area contributed by atoms with Crippen LogP contribution in [-0.2, 0) is 6.54 Å². The summed E-state index contributed by atoms with van der Waals surface area (Å²) in [5.74, 6) is 1.43. The van der Waals surface area contributed by atoms with Crippen LogP contribution in [0.1, 0.15) is 18.0 Å². The number of ether oxygens (including phenoxy) is 1. The van der Waals surface area contributed by atoms with Gasteiger partial charge in [-0.3, -0.25) is 9.88 Å². The van der Waals surface area contributed by atoms with Crippen molar-refractivity contribution < 1.29 is 14.3 Å². The number of β-amino-alcohol motifs (C(OH)–C–C–N with tert-alkyl or cyclic N) is 1. The van der Waals surface area contributed by atoms with E-state index in [2.05, 4.69) is 14.9 Å². The second-order valence-corrected chi connectivity index (χ2v) is 6.49. The molecule has 1 aromatic carbocycles. The highest BCUT2D eigenvalue weighted by molar-refractivity contribution is 5.82. The number of hydrogen-bond acceptors (Lipinski definition) is 6. The van der Waals surface area contributed by atoms with E-state index in [1.807, 2.05) is 37.4 Å². The second-order valence-electron chi connectivity index (χ2n) is 6.49. The van der Waals surface area contributed by atoms with E-state index in [0.29, 0.717) is 19.0 Å². The molecule has 0 unspecified atom stereocenters. The Bertz CT molecular complexity index is 864. The van der Waals surface area contributed by atoms with Gasteiger partial charge in [0.1, 0.15) is 24.2 Å². The number of rotatable bonds is 4. The second kappa shape index (κ2) is 6.82. The van der Waals surface area contributed by atoms with E-state index in [0.717, 1.165) is 35.2 Å². The van der Waals surface area contributed by atoms with Gasteiger partial charge in [0.2, 0.25) is 0 Å². The van der Waals surface area contributed by atoms with Gasteiger partial charge in [-0.05, 0) is 30.0 Å². The van der Waals surface area contributed by atoms with Gasteiger partial charge >= 0.3 is 0 Å². The van der Waals surface area contributed by atoms with E-state index in [4.69, 9.17) is 9.15 Å². The predicted molar refractivity (Wildman–Crippen MR) is 93.3 cm³/mol. The summed E-state index contributed by atoms with van der Waals surface area (Å²) >= 11 is 0. The molecule has 1 N–H and O–H groups in total. The van der Waals surface area contributed by atoms with E-state index < -0.39 is 6.10 Å². The molecule has 0 spiro atoms. The molecule has 2 aromatic heterocycles. The first-order valence-corrected chi connectivity index (χ1v) is 8.49. The van der Waals surface area contributed by atoms with Crippen LogP contribution in [0.5, 0.6) is 5.75 Å². The van der Waals surface area contributed by atoms with Crippen LogP contribution in [0.25, 0.3) is 10.8 Å². The number of oxazole rings is 1. The maximum Gasteiger partial charge on any atom is 0.191 e. The molecule has 3 heterocycles. The normalized spacial score (nSPS) is 21.5. The average Bonchev–Trinajstić information content (AvgIpc) is 3.02. The van der Waals surface area contributed by atoms with Gasteiger partial charge in [0.25, 0.3) is 0 Å². The van der Waals surface area contributed by atoms with Crippen LogP contribution < -0.4 is 4.74 Å². The molecule has 0 amide bonds. The van der Waals surface area contributed by atoms with Crippen molar-refractivity contribution in [1.29, 1.82) is 0 Å². The minimum atomic E-state index is -0.536. The van der Waals surface area contributed by atoms with E-state index in [1.54, 1.807) is 12.5 Å². The molecule has 6 nitrogen and oxygen atoms in total. The summed E-state index contributed by atoms with van der Waals surface area (Å²) in [5, 5.41) is 12.6. The lowest BCUT2D eigenvalue weighted by atomic mass is 10.0. The van der Waals surface area contributed by atoms with Crippen LogP contribution in [0.3, 0.4) is 0 Å². The third-order valence-electron chi connectivity index (χ3n) is 4.56. The van der Waals surface area contributed by atoms with Gasteiger partial charge in [0.05, 0.1) is 5.69 Å². The minimum absolute atomic E-state index is 0.204. The van der Waals surface area contributed by atoms with Crippen LogP contribution in [0.15, 0.2) is 47.3 Å². The Morgan fingerprint density at radius 3 is 3.04 bits per heavy atom. The molecule has 1 aliphatic heterocycles. The minimum Gasteiger partial charge on any atom is -0.488 e. The maximum atomic E-state index is 10.5. The van der Waals surface area contributed by atoms with Crippen molar-refractivity contribution in [2.24, 2.45) is 0 Å². The third-order valence-corrected chi connectivity index (χ3v) is 4.56. The van der Waals surface area contributed by atoms with Crippen LogP contribution in [-0.4, -0.2) is 45.3 Å². The fraction of sp³-hybridized carbons (Fsp3) is 0.368. The van der Waals surface area contributed by atoms with E-state index in [-0.39, 0.29) is 6.10 Å². The van der Waals surface area contributed by atoms with Crippen LogP contribution >= 0.6 is 0 Å². The number of aryl methyl sites for hydroxylation is 1. The molecule has 25 heavy (non-hydrogen) atoms. The Morgan fingerprint density at radius 1 is 1.32 bits per heavy atom. The van der Waals surface area contributed by atoms with Gasteiger partial charge in [-0.25, -0.2) is 4.98 Å². The van der Waals surface area contributed by atoms with Gasteiger partial charge in [0.15, 0.2) is 5.89 Å². The Labute approximate surface area is 146 Å². The zero-order chi connectivity index (χ0) is 17.2. The fourth-order valence-electron chi connectivity index (χ4n) is 3.28. The van der Waals surface area contributed by atoms with Crippen molar-refractivity contribution in [3.8, 4) is 5.75 Å². The first kappa shape index (κ1) is 16.1. The summed E-state index contributed by atoms with van der Waals surface area (Å²) in [6.45, 7) is 3.93. The lowest BCUT2D eigenvalue weighted by Gasteiger charge is -2.35. The van der Waals surface area contributed by atoms with Crippen molar-refractivity contribution in [2.75, 3.05) is 13.1 Å². The predicted octanol–water partition coefficient (Wildman–Crippen LogP) is 2.55. The molecular formula is C19H21N3O3. The average molecular weight is 339 g/mol. The number of aliphatic hydroxyl groups is 1. The Balaban J connectivity index is 1.38. The van der Waals surface area contributed by atoms with Crippen molar-refractivity contribution in [3.05, 3.63) is 54.5 Å². The molecule has 130 valence electrons. The zero-order valence-corrected chi connectivity index (χ0v) is 14.1. The van der Waals surface area contributed by atoms with Crippen LogP contribution in [0.4, 0.5) is 0 Å². The Hall–Kier alpha value is -2.44. The zero-order valence-electron chi connectivity index (χ0n) is 14.1. The van der Waals surface area contributed by atoms with Crippen LogP contribution in [0.2, 0.25) is 0 Å². The highest BCUT2D eigenvalue weighted by Crippen LogP contribution is 2.24. The Morgan fingerprint density at radius 2 is 2.24 bits per heavy atom. The maximum absolute atomic E-state index is 10.5. The molecule has 1 fully saturated rings. The number of hydrogen-bond donors (Lipinski definition) is 1. The molecule has 0 radical (unpaired) electrons. The van der Waals surface area contributed by atoms with Crippen molar-refractivity contribution in [1.82, 2.24) is 14.9 Å². The standard InChI is InChI=1S/C19H21N3O3/c1-13-21-16(12-24-13)10-22-7-5-19(18(23)11-22)25-17-3-2-14-4-6-20-9-15(14)8-17/h2-4,6,8-9,12,18-19,23H,5,7,10-11H2,1H3/t18-,19-/m1/s1. The SMILES string of the molecule is Cc1nc(CN2CC[C@@H](Oc3ccc4ccncc4c3)[C@H](O)C2)co1. The number of fused-ring (bicyclic) bond motifs is 1. The molecule has 1 aliphatic rings. The van der Waals surface area contributed by atoms with Gasteiger partial charge in [-0.15, -0.1) is 0 Å². The molecule has 0 saturated carbocycles. The first-order chi connectivity index (χ1) is 12.2. The highest BCUT2D eigenvalue weighted by Gasteiger charge is 2.29. The molecule has 2 atom stereocenters. The molecule has 4 rings (SSSR count). The number of aromatic nitrogens is 2. The summed E-state index contributed by atoms with van der Waals surface area (Å²) in [5.41, 5.74) is 0.895. The monoisotopic (exact) mass is 339 g/mol. The van der Waals surface area contributed by atoms with E-state index in [9.17, 15) is 5.11 Å². The number of aliphatic hydroxyl groups excluding tert-OH is 1. The third kappa shape index (κ3) is 3.65. The first-order valence-electron chi connectivity index (χ1n) is 8.49. The van der Waals surface area contributed by atoms with E-state index >= 15 is 0 Å². The quantitative estimate of drug-likeness (QED) is 0.788. The molecule has 3 aromatic rings. The van der Waals surface area contributed by atoms with Crippen LogP contribution in [0, 0.1) is 6.92 Å². The summed E-state index contributed by atoms with van der Waals surface area (Å²) in [6.07, 6.45) is 5.30. The molecule has 0 aliphatic carbocycles. The summed E-state index contributed by atoms with van der Waals surface area (Å²) in [6, 6.07) is 7.90. The van der Waals surface area contributed by atoms with Crippen molar-refractivity contribution >= 4 is 10.8 Å².